The van der Waals surface area contributed by atoms with Crippen LogP contribution in [0, 0.1) is 11.8 Å². The highest BCUT2D eigenvalue weighted by Gasteiger charge is 2.41. The lowest BCUT2D eigenvalue weighted by Gasteiger charge is -2.37. The van der Waals surface area contributed by atoms with E-state index in [-0.39, 0.29) is 0 Å². The molecule has 1 aliphatic heterocycles. The van der Waals surface area contributed by atoms with Crippen LogP contribution in [0.25, 0.3) is 0 Å². The Morgan fingerprint density at radius 1 is 0.857 bits per heavy atom. The van der Waals surface area contributed by atoms with Crippen molar-refractivity contribution in [3.63, 3.8) is 0 Å². The highest BCUT2D eigenvalue weighted by Crippen LogP contribution is 2.54. The van der Waals surface area contributed by atoms with Crippen molar-refractivity contribution in [2.75, 3.05) is 28.1 Å². The summed E-state index contributed by atoms with van der Waals surface area (Å²) < 4.78 is 28.1. The molecule has 1 saturated carbocycles. The molecule has 5 heteroatoms. The van der Waals surface area contributed by atoms with E-state index >= 15 is 0 Å². The van der Waals surface area contributed by atoms with E-state index < -0.39 is 0 Å². The molecular formula is C23H26O5. The van der Waals surface area contributed by atoms with Crippen LogP contribution in [0.1, 0.15) is 41.9 Å². The zero-order chi connectivity index (χ0) is 19.3. The summed E-state index contributed by atoms with van der Waals surface area (Å²) in [6.07, 6.45) is 4.95. The molecule has 0 unspecified atom stereocenters. The van der Waals surface area contributed by atoms with Crippen LogP contribution >= 0.6 is 0 Å². The van der Waals surface area contributed by atoms with Crippen molar-refractivity contribution in [1.82, 2.24) is 0 Å². The molecule has 0 bridgehead atoms. The van der Waals surface area contributed by atoms with Crippen LogP contribution in [0.2, 0.25) is 0 Å². The summed E-state index contributed by atoms with van der Waals surface area (Å²) in [5.41, 5.74) is 3.94. The van der Waals surface area contributed by atoms with Gasteiger partial charge in [0.2, 0.25) is 12.5 Å². The molecule has 28 heavy (non-hydrogen) atoms. The topological polar surface area (TPSA) is 46.2 Å². The Morgan fingerprint density at radius 3 is 2.25 bits per heavy atom. The summed E-state index contributed by atoms with van der Waals surface area (Å²) in [5, 5.41) is 0. The van der Waals surface area contributed by atoms with Crippen molar-refractivity contribution in [3.8, 4) is 28.7 Å². The van der Waals surface area contributed by atoms with Gasteiger partial charge in [-0.05, 0) is 72.1 Å². The van der Waals surface area contributed by atoms with Crippen LogP contribution < -0.4 is 23.7 Å². The summed E-state index contributed by atoms with van der Waals surface area (Å²) in [6.45, 7) is 0.305. The Labute approximate surface area is 165 Å². The Balaban J connectivity index is 1.68. The maximum Gasteiger partial charge on any atom is 0.231 e. The second-order valence-electron chi connectivity index (χ2n) is 7.90. The molecule has 1 fully saturated rings. The molecule has 3 atom stereocenters. The third kappa shape index (κ3) is 2.60. The van der Waals surface area contributed by atoms with Gasteiger partial charge in [-0.25, -0.2) is 0 Å². The molecule has 2 aromatic carbocycles. The molecule has 1 heterocycles. The van der Waals surface area contributed by atoms with E-state index in [2.05, 4.69) is 24.3 Å². The van der Waals surface area contributed by atoms with Crippen LogP contribution in [0.15, 0.2) is 24.3 Å². The van der Waals surface area contributed by atoms with E-state index in [1.165, 1.54) is 36.0 Å². The maximum atomic E-state index is 5.69. The fourth-order valence-electron chi connectivity index (χ4n) is 5.44. The number of methoxy groups -OCH3 is 3. The smallest absolute Gasteiger partial charge is 0.231 e. The Morgan fingerprint density at radius 2 is 1.57 bits per heavy atom. The molecule has 3 aliphatic rings. The van der Waals surface area contributed by atoms with Gasteiger partial charge >= 0.3 is 0 Å². The molecule has 2 aliphatic carbocycles. The molecule has 0 saturated heterocycles. The number of ether oxygens (including phenoxy) is 5. The number of benzene rings is 2. The van der Waals surface area contributed by atoms with E-state index in [9.17, 15) is 0 Å². The molecular weight excluding hydrogens is 356 g/mol. The standard InChI is InChI=1S/C23H26O5/c1-24-20-9-15(10-21(25-2)23(20)26-3)22-16-6-4-5-13(16)7-14-8-18-19(11-17(14)22)28-12-27-18/h8-11,13,16,22H,4-7,12H2,1-3H3/t13-,16+,22-/m1/s1. The van der Waals surface area contributed by atoms with Crippen molar-refractivity contribution in [2.24, 2.45) is 11.8 Å². The molecule has 0 spiro atoms. The summed E-state index contributed by atoms with van der Waals surface area (Å²) in [6, 6.07) is 8.61. The summed E-state index contributed by atoms with van der Waals surface area (Å²) >= 11 is 0. The maximum absolute atomic E-state index is 5.69. The highest BCUT2D eigenvalue weighted by atomic mass is 16.7. The van der Waals surface area contributed by atoms with E-state index in [4.69, 9.17) is 23.7 Å². The van der Waals surface area contributed by atoms with E-state index in [1.807, 2.05) is 0 Å². The fraction of sp³-hybridized carbons (Fsp3) is 0.478. The van der Waals surface area contributed by atoms with Gasteiger partial charge in [-0.15, -0.1) is 0 Å². The van der Waals surface area contributed by atoms with Gasteiger partial charge in [0, 0.05) is 5.92 Å². The lowest BCUT2D eigenvalue weighted by Crippen LogP contribution is -2.26. The molecule has 148 valence electrons. The van der Waals surface area contributed by atoms with Gasteiger partial charge in [0.25, 0.3) is 0 Å². The minimum atomic E-state index is 0.291. The first kappa shape index (κ1) is 17.5. The van der Waals surface area contributed by atoms with Gasteiger partial charge < -0.3 is 23.7 Å². The van der Waals surface area contributed by atoms with Crippen molar-refractivity contribution in [2.45, 2.75) is 31.6 Å². The Bertz CT molecular complexity index is 881. The predicted octanol–water partition coefficient (Wildman–Crippen LogP) is 4.55. The SMILES string of the molecule is COc1cc([C@H]2c3cc4c(cc3C[C@H]3CCC[C@@H]32)OCO4)cc(OC)c1OC. The van der Waals surface area contributed by atoms with E-state index in [0.717, 1.165) is 17.9 Å². The fourth-order valence-corrected chi connectivity index (χ4v) is 5.44. The second-order valence-corrected chi connectivity index (χ2v) is 7.90. The molecule has 0 aromatic heterocycles. The Kier molecular flexibility index (Phi) is 4.26. The van der Waals surface area contributed by atoms with Crippen LogP contribution in [-0.4, -0.2) is 28.1 Å². The number of fused-ring (bicyclic) bond motifs is 3. The summed E-state index contributed by atoms with van der Waals surface area (Å²) in [4.78, 5) is 0. The highest BCUT2D eigenvalue weighted by molar-refractivity contribution is 5.58. The quantitative estimate of drug-likeness (QED) is 0.777. The Hall–Kier alpha value is -2.56. The average Bonchev–Trinajstić information content (AvgIpc) is 3.37. The molecule has 2 aromatic rings. The average molecular weight is 382 g/mol. The van der Waals surface area contributed by atoms with Crippen LogP contribution in [0.4, 0.5) is 0 Å². The van der Waals surface area contributed by atoms with Crippen LogP contribution in [-0.2, 0) is 6.42 Å². The van der Waals surface area contributed by atoms with Crippen molar-refractivity contribution >= 4 is 0 Å². The predicted molar refractivity (Wildman–Crippen MR) is 105 cm³/mol. The lowest BCUT2D eigenvalue weighted by molar-refractivity contribution is 0.174. The number of hydrogen-bond acceptors (Lipinski definition) is 5. The monoisotopic (exact) mass is 382 g/mol. The van der Waals surface area contributed by atoms with Gasteiger partial charge in [0.1, 0.15) is 0 Å². The third-order valence-corrected chi connectivity index (χ3v) is 6.64. The second kappa shape index (κ2) is 6.80. The van der Waals surface area contributed by atoms with Crippen molar-refractivity contribution in [3.05, 3.63) is 41.0 Å². The number of rotatable bonds is 4. The zero-order valence-electron chi connectivity index (χ0n) is 16.6. The molecule has 0 N–H and O–H groups in total. The first-order valence-corrected chi connectivity index (χ1v) is 9.95. The summed E-state index contributed by atoms with van der Waals surface area (Å²) in [5.74, 6) is 5.40. The van der Waals surface area contributed by atoms with Gasteiger partial charge in [-0.2, -0.15) is 0 Å². The van der Waals surface area contributed by atoms with Crippen molar-refractivity contribution in [1.29, 1.82) is 0 Å². The summed E-state index contributed by atoms with van der Waals surface area (Å²) in [7, 11) is 4.99. The largest absolute Gasteiger partial charge is 0.493 e. The molecule has 0 radical (unpaired) electrons. The third-order valence-electron chi connectivity index (χ3n) is 6.64. The first-order chi connectivity index (χ1) is 13.7. The van der Waals surface area contributed by atoms with Gasteiger partial charge in [0.05, 0.1) is 21.3 Å². The van der Waals surface area contributed by atoms with Crippen LogP contribution in [0.5, 0.6) is 28.7 Å². The normalized spacial score (nSPS) is 24.5. The molecule has 5 nitrogen and oxygen atoms in total. The van der Waals surface area contributed by atoms with Gasteiger partial charge in [-0.1, -0.05) is 6.42 Å². The minimum absolute atomic E-state index is 0.291. The van der Waals surface area contributed by atoms with E-state index in [0.29, 0.717) is 41.8 Å². The number of hydrogen-bond donors (Lipinski definition) is 0. The first-order valence-electron chi connectivity index (χ1n) is 9.95. The molecule has 0 amide bonds. The lowest BCUT2D eigenvalue weighted by atomic mass is 9.67. The van der Waals surface area contributed by atoms with Crippen LogP contribution in [0.3, 0.4) is 0 Å². The van der Waals surface area contributed by atoms with Crippen molar-refractivity contribution < 1.29 is 23.7 Å². The zero-order valence-corrected chi connectivity index (χ0v) is 16.6. The van der Waals surface area contributed by atoms with E-state index in [1.54, 1.807) is 21.3 Å². The minimum Gasteiger partial charge on any atom is -0.493 e. The molecule has 5 rings (SSSR count). The van der Waals surface area contributed by atoms with Gasteiger partial charge in [0.15, 0.2) is 23.0 Å². The van der Waals surface area contributed by atoms with Gasteiger partial charge in [-0.3, -0.25) is 0 Å².